The highest BCUT2D eigenvalue weighted by atomic mass is 16.1. The van der Waals surface area contributed by atoms with Gasteiger partial charge in [0.2, 0.25) is 0 Å². The summed E-state index contributed by atoms with van der Waals surface area (Å²) in [6.45, 7) is 4.19. The van der Waals surface area contributed by atoms with Gasteiger partial charge in [-0.1, -0.05) is 25.5 Å². The van der Waals surface area contributed by atoms with Crippen molar-refractivity contribution < 1.29 is 4.79 Å². The molecule has 2 heteroatoms. The van der Waals surface area contributed by atoms with Gasteiger partial charge in [-0.25, -0.2) is 0 Å². The second-order valence-electron chi connectivity index (χ2n) is 5.51. The molecule has 0 radical (unpaired) electrons. The van der Waals surface area contributed by atoms with Crippen LogP contribution in [0.5, 0.6) is 0 Å². The largest absolute Gasteiger partial charge is 0.398 e. The van der Waals surface area contributed by atoms with Crippen molar-refractivity contribution in [1.82, 2.24) is 0 Å². The van der Waals surface area contributed by atoms with E-state index in [1.165, 1.54) is 19.3 Å². The summed E-state index contributed by atoms with van der Waals surface area (Å²) in [4.78, 5) is 12.5. The Hall–Kier alpha value is -1.31. The standard InChI is InChI=1S/C16H23NO/c1-3-12-7-9-13(10-8-12)16(18)14-5-4-6-15(17)11(14)2/h4-6,12-13H,3,7-10,17H2,1-2H3. The van der Waals surface area contributed by atoms with Gasteiger partial charge in [0.25, 0.3) is 0 Å². The number of carbonyl (C=O) groups is 1. The first kappa shape index (κ1) is 13.1. The molecule has 1 aromatic carbocycles. The van der Waals surface area contributed by atoms with Crippen molar-refractivity contribution in [3.05, 3.63) is 29.3 Å². The minimum Gasteiger partial charge on any atom is -0.398 e. The molecule has 2 rings (SSSR count). The van der Waals surface area contributed by atoms with Crippen LogP contribution >= 0.6 is 0 Å². The quantitative estimate of drug-likeness (QED) is 0.646. The highest BCUT2D eigenvalue weighted by molar-refractivity contribution is 6.00. The summed E-state index contributed by atoms with van der Waals surface area (Å²) in [5, 5.41) is 0. The van der Waals surface area contributed by atoms with E-state index < -0.39 is 0 Å². The zero-order valence-corrected chi connectivity index (χ0v) is 11.4. The minimum absolute atomic E-state index is 0.216. The number of rotatable bonds is 3. The van der Waals surface area contributed by atoms with Crippen molar-refractivity contribution in [2.24, 2.45) is 11.8 Å². The monoisotopic (exact) mass is 245 g/mol. The van der Waals surface area contributed by atoms with E-state index in [9.17, 15) is 4.79 Å². The van der Waals surface area contributed by atoms with Crippen molar-refractivity contribution in [3.8, 4) is 0 Å². The van der Waals surface area contributed by atoms with Gasteiger partial charge in [-0.15, -0.1) is 0 Å². The molecular formula is C16H23NO. The van der Waals surface area contributed by atoms with E-state index in [0.29, 0.717) is 5.78 Å². The molecule has 0 spiro atoms. The lowest BCUT2D eigenvalue weighted by Crippen LogP contribution is -2.22. The lowest BCUT2D eigenvalue weighted by molar-refractivity contribution is 0.0870. The van der Waals surface area contributed by atoms with Gasteiger partial charge >= 0.3 is 0 Å². The van der Waals surface area contributed by atoms with E-state index in [0.717, 1.165) is 35.6 Å². The highest BCUT2D eigenvalue weighted by Crippen LogP contribution is 2.33. The third-order valence-electron chi connectivity index (χ3n) is 4.44. The van der Waals surface area contributed by atoms with E-state index in [1.54, 1.807) is 0 Å². The van der Waals surface area contributed by atoms with Gasteiger partial charge in [0.05, 0.1) is 0 Å². The number of carbonyl (C=O) groups excluding carboxylic acids is 1. The van der Waals surface area contributed by atoms with Crippen LogP contribution in [0.4, 0.5) is 5.69 Å². The maximum Gasteiger partial charge on any atom is 0.166 e. The van der Waals surface area contributed by atoms with Crippen molar-refractivity contribution in [2.75, 3.05) is 5.73 Å². The molecule has 0 aliphatic heterocycles. The number of benzene rings is 1. The molecule has 1 aromatic rings. The Kier molecular flexibility index (Phi) is 4.05. The Morgan fingerprint density at radius 2 is 1.94 bits per heavy atom. The Balaban J connectivity index is 2.10. The van der Waals surface area contributed by atoms with E-state index in [4.69, 9.17) is 5.73 Å². The van der Waals surface area contributed by atoms with E-state index in [1.807, 2.05) is 25.1 Å². The molecule has 0 unspecified atom stereocenters. The predicted octanol–water partition coefficient (Wildman–Crippen LogP) is 3.98. The molecule has 0 atom stereocenters. The molecule has 1 aliphatic rings. The summed E-state index contributed by atoms with van der Waals surface area (Å²) >= 11 is 0. The average molecular weight is 245 g/mol. The molecule has 0 amide bonds. The number of hydrogen-bond donors (Lipinski definition) is 1. The van der Waals surface area contributed by atoms with Crippen molar-refractivity contribution in [2.45, 2.75) is 46.0 Å². The van der Waals surface area contributed by atoms with Gasteiger partial charge < -0.3 is 5.73 Å². The molecule has 0 saturated heterocycles. The predicted molar refractivity (Wildman–Crippen MR) is 75.7 cm³/mol. The van der Waals surface area contributed by atoms with E-state index >= 15 is 0 Å². The molecule has 2 nitrogen and oxygen atoms in total. The van der Waals surface area contributed by atoms with Crippen molar-refractivity contribution in [1.29, 1.82) is 0 Å². The van der Waals surface area contributed by atoms with Crippen LogP contribution in [0.3, 0.4) is 0 Å². The van der Waals surface area contributed by atoms with Crippen LogP contribution in [0.25, 0.3) is 0 Å². The number of nitrogen functional groups attached to an aromatic ring is 1. The molecule has 2 N–H and O–H groups in total. The molecular weight excluding hydrogens is 222 g/mol. The van der Waals surface area contributed by atoms with Crippen LogP contribution in [0.2, 0.25) is 0 Å². The smallest absolute Gasteiger partial charge is 0.166 e. The van der Waals surface area contributed by atoms with Gasteiger partial charge in [-0.05, 0) is 50.2 Å². The summed E-state index contributed by atoms with van der Waals surface area (Å²) in [6, 6.07) is 5.66. The van der Waals surface area contributed by atoms with Crippen LogP contribution in [0.1, 0.15) is 54.9 Å². The van der Waals surface area contributed by atoms with Crippen LogP contribution in [-0.2, 0) is 0 Å². The average Bonchev–Trinajstić information content (AvgIpc) is 2.41. The Morgan fingerprint density at radius 1 is 1.28 bits per heavy atom. The van der Waals surface area contributed by atoms with Crippen LogP contribution in [0, 0.1) is 18.8 Å². The molecule has 0 bridgehead atoms. The molecule has 18 heavy (non-hydrogen) atoms. The number of Topliss-reactive ketones (excluding diaryl/α,β-unsaturated/α-hetero) is 1. The maximum absolute atomic E-state index is 12.5. The zero-order chi connectivity index (χ0) is 13.1. The van der Waals surface area contributed by atoms with Crippen molar-refractivity contribution in [3.63, 3.8) is 0 Å². The highest BCUT2D eigenvalue weighted by Gasteiger charge is 2.27. The topological polar surface area (TPSA) is 43.1 Å². The molecule has 98 valence electrons. The number of hydrogen-bond acceptors (Lipinski definition) is 2. The minimum atomic E-state index is 0.216. The summed E-state index contributed by atoms with van der Waals surface area (Å²) < 4.78 is 0. The molecule has 0 aromatic heterocycles. The number of nitrogens with two attached hydrogens (primary N) is 1. The third-order valence-corrected chi connectivity index (χ3v) is 4.44. The lowest BCUT2D eigenvalue weighted by Gasteiger charge is -2.27. The first-order valence-corrected chi connectivity index (χ1v) is 7.02. The van der Waals surface area contributed by atoms with Crippen LogP contribution in [-0.4, -0.2) is 5.78 Å². The van der Waals surface area contributed by atoms with Gasteiger partial charge in [0.1, 0.15) is 0 Å². The molecule has 1 saturated carbocycles. The summed E-state index contributed by atoms with van der Waals surface area (Å²) in [7, 11) is 0. The van der Waals surface area contributed by atoms with Crippen LogP contribution in [0.15, 0.2) is 18.2 Å². The van der Waals surface area contributed by atoms with Gasteiger partial charge in [0.15, 0.2) is 5.78 Å². The van der Waals surface area contributed by atoms with Crippen LogP contribution < -0.4 is 5.73 Å². The molecule has 1 aliphatic carbocycles. The van der Waals surface area contributed by atoms with E-state index in [2.05, 4.69) is 6.92 Å². The summed E-state index contributed by atoms with van der Waals surface area (Å²) in [5.74, 6) is 1.35. The fraction of sp³-hybridized carbons (Fsp3) is 0.562. The molecule has 1 fully saturated rings. The van der Waals surface area contributed by atoms with Gasteiger partial charge in [-0.2, -0.15) is 0 Å². The fourth-order valence-electron chi connectivity index (χ4n) is 2.97. The zero-order valence-electron chi connectivity index (χ0n) is 11.4. The summed E-state index contributed by atoms with van der Waals surface area (Å²) in [6.07, 6.45) is 5.75. The van der Waals surface area contributed by atoms with Gasteiger partial charge in [0, 0.05) is 17.2 Å². The van der Waals surface area contributed by atoms with Gasteiger partial charge in [-0.3, -0.25) is 4.79 Å². The second-order valence-corrected chi connectivity index (χ2v) is 5.51. The maximum atomic E-state index is 12.5. The Labute approximate surface area is 110 Å². The lowest BCUT2D eigenvalue weighted by atomic mass is 9.77. The Morgan fingerprint density at radius 3 is 2.56 bits per heavy atom. The summed E-state index contributed by atoms with van der Waals surface area (Å²) in [5.41, 5.74) is 8.38. The van der Waals surface area contributed by atoms with Crippen molar-refractivity contribution >= 4 is 11.5 Å². The Bertz CT molecular complexity index is 431. The number of ketones is 1. The third kappa shape index (κ3) is 2.58. The normalized spacial score (nSPS) is 23.9. The number of anilines is 1. The SMILES string of the molecule is CCC1CCC(C(=O)c2cccc(N)c2C)CC1. The van der Waals surface area contributed by atoms with E-state index in [-0.39, 0.29) is 5.92 Å². The molecule has 0 heterocycles. The first-order valence-electron chi connectivity index (χ1n) is 7.02. The fourth-order valence-corrected chi connectivity index (χ4v) is 2.97. The second kappa shape index (κ2) is 5.55. The first-order chi connectivity index (χ1) is 8.63.